The molecule has 3 aromatic rings. The van der Waals surface area contributed by atoms with Crippen LogP contribution in [0.15, 0.2) is 40.9 Å². The number of aromatic nitrogens is 2. The van der Waals surface area contributed by atoms with E-state index in [0.717, 1.165) is 6.07 Å². The fraction of sp³-hybridized carbons (Fsp3) is 0.263. The van der Waals surface area contributed by atoms with Crippen LogP contribution in [0, 0.1) is 6.92 Å². The van der Waals surface area contributed by atoms with E-state index in [1.807, 2.05) is 0 Å². The third-order valence-corrected chi connectivity index (χ3v) is 4.09. The molecule has 0 bridgehead atoms. The number of methoxy groups -OCH3 is 1. The van der Waals surface area contributed by atoms with Crippen molar-refractivity contribution in [2.24, 2.45) is 0 Å². The van der Waals surface area contributed by atoms with Gasteiger partial charge in [0, 0.05) is 11.3 Å². The van der Waals surface area contributed by atoms with E-state index in [1.165, 1.54) is 44.4 Å². The van der Waals surface area contributed by atoms with Crippen LogP contribution < -0.4 is 14.8 Å². The van der Waals surface area contributed by atoms with Gasteiger partial charge >= 0.3 is 12.8 Å². The van der Waals surface area contributed by atoms with E-state index in [2.05, 4.69) is 20.2 Å². The van der Waals surface area contributed by atoms with Crippen LogP contribution in [0.3, 0.4) is 0 Å². The molecule has 0 aliphatic rings. The van der Waals surface area contributed by atoms with Crippen LogP contribution >= 0.6 is 0 Å². The molecule has 0 unspecified atom stereocenters. The van der Waals surface area contributed by atoms with Gasteiger partial charge in [-0.05, 0) is 42.8 Å². The van der Waals surface area contributed by atoms with E-state index < -0.39 is 18.4 Å². The Bertz CT molecular complexity index is 1020. The minimum atomic E-state index is -4.46. The molecule has 0 radical (unpaired) electrons. The van der Waals surface area contributed by atoms with Crippen molar-refractivity contribution in [1.82, 2.24) is 10.1 Å². The first kappa shape index (κ1) is 21.3. The second-order valence-corrected chi connectivity index (χ2v) is 6.14. The summed E-state index contributed by atoms with van der Waals surface area (Å²) in [5, 5.41) is 6.58. The first-order chi connectivity index (χ1) is 14.2. The fourth-order valence-electron chi connectivity index (χ4n) is 2.66. The number of benzene rings is 2. The third-order valence-electron chi connectivity index (χ3n) is 4.09. The molecule has 1 N–H and O–H groups in total. The summed E-state index contributed by atoms with van der Waals surface area (Å²) in [6, 6.07) is 7.99. The Balaban J connectivity index is 1.73. The number of ether oxygens (including phenoxy) is 2. The van der Waals surface area contributed by atoms with Gasteiger partial charge in [-0.25, -0.2) is 0 Å². The summed E-state index contributed by atoms with van der Waals surface area (Å²) < 4.78 is 78.3. The SMILES string of the molecule is COc1cc(-c2noc(CNc3ccc(C)c(C(F)(F)F)c3)n2)ccc1OC(F)F. The Morgan fingerprint density at radius 1 is 1.10 bits per heavy atom. The smallest absolute Gasteiger partial charge is 0.416 e. The molecule has 11 heteroatoms. The molecular formula is C19H16F5N3O3. The first-order valence-corrected chi connectivity index (χ1v) is 8.55. The molecule has 0 aliphatic heterocycles. The Morgan fingerprint density at radius 2 is 1.87 bits per heavy atom. The molecule has 0 spiro atoms. The second-order valence-electron chi connectivity index (χ2n) is 6.14. The Hall–Kier alpha value is -3.37. The molecule has 0 aliphatic carbocycles. The largest absolute Gasteiger partial charge is 0.493 e. The minimum absolute atomic E-state index is 0.0168. The molecule has 0 amide bonds. The molecule has 0 saturated carbocycles. The van der Waals surface area contributed by atoms with Crippen LogP contribution in [0.1, 0.15) is 17.0 Å². The van der Waals surface area contributed by atoms with Crippen molar-refractivity contribution < 1.29 is 35.9 Å². The Labute approximate surface area is 167 Å². The average Bonchev–Trinajstić information content (AvgIpc) is 3.15. The molecule has 1 aromatic heterocycles. The first-order valence-electron chi connectivity index (χ1n) is 8.55. The van der Waals surface area contributed by atoms with Gasteiger partial charge in [0.1, 0.15) is 0 Å². The van der Waals surface area contributed by atoms with Crippen molar-refractivity contribution in [3.05, 3.63) is 53.4 Å². The zero-order valence-electron chi connectivity index (χ0n) is 15.8. The highest BCUT2D eigenvalue weighted by Gasteiger charge is 2.32. The fourth-order valence-corrected chi connectivity index (χ4v) is 2.66. The number of anilines is 1. The normalized spacial score (nSPS) is 11.6. The van der Waals surface area contributed by atoms with Crippen LogP contribution in [0.25, 0.3) is 11.4 Å². The number of alkyl halides is 5. The zero-order valence-corrected chi connectivity index (χ0v) is 15.8. The lowest BCUT2D eigenvalue weighted by molar-refractivity contribution is -0.138. The van der Waals surface area contributed by atoms with Crippen molar-refractivity contribution >= 4 is 5.69 Å². The van der Waals surface area contributed by atoms with Crippen LogP contribution in [0.5, 0.6) is 11.5 Å². The van der Waals surface area contributed by atoms with Crippen molar-refractivity contribution in [3.8, 4) is 22.9 Å². The summed E-state index contributed by atoms with van der Waals surface area (Å²) in [7, 11) is 1.29. The standard InChI is InChI=1S/C19H16F5N3O3/c1-10-3-5-12(8-13(10)19(22,23)24)25-9-16-26-17(27-30-16)11-4-6-14(29-18(20)21)15(7-11)28-2/h3-8,18,25H,9H2,1-2H3. The minimum Gasteiger partial charge on any atom is -0.493 e. The van der Waals surface area contributed by atoms with E-state index in [-0.39, 0.29) is 41.0 Å². The lowest BCUT2D eigenvalue weighted by atomic mass is 10.1. The highest BCUT2D eigenvalue weighted by atomic mass is 19.4. The monoisotopic (exact) mass is 429 g/mol. The molecule has 0 saturated heterocycles. The van der Waals surface area contributed by atoms with Crippen LogP contribution in [0.2, 0.25) is 0 Å². The lowest BCUT2D eigenvalue weighted by Gasteiger charge is -2.12. The van der Waals surface area contributed by atoms with Gasteiger partial charge in [-0.3, -0.25) is 0 Å². The van der Waals surface area contributed by atoms with Crippen LogP contribution in [0.4, 0.5) is 27.6 Å². The van der Waals surface area contributed by atoms with Gasteiger partial charge in [0.2, 0.25) is 11.7 Å². The molecule has 30 heavy (non-hydrogen) atoms. The van der Waals surface area contributed by atoms with Gasteiger partial charge < -0.3 is 19.3 Å². The molecule has 6 nitrogen and oxygen atoms in total. The molecule has 160 valence electrons. The number of nitrogens with zero attached hydrogens (tertiary/aromatic N) is 2. The molecular weight excluding hydrogens is 413 g/mol. The summed E-state index contributed by atoms with van der Waals surface area (Å²) in [5.74, 6) is 0.165. The van der Waals surface area contributed by atoms with Gasteiger partial charge in [0.25, 0.3) is 0 Å². The molecule has 2 aromatic carbocycles. The van der Waals surface area contributed by atoms with Gasteiger partial charge in [-0.2, -0.15) is 26.9 Å². The van der Waals surface area contributed by atoms with Gasteiger partial charge in [-0.15, -0.1) is 0 Å². The van der Waals surface area contributed by atoms with E-state index in [0.29, 0.717) is 5.56 Å². The maximum atomic E-state index is 13.0. The number of halogens is 5. The number of hydrogen-bond acceptors (Lipinski definition) is 6. The molecule has 1 heterocycles. The second kappa shape index (κ2) is 8.56. The summed E-state index contributed by atoms with van der Waals surface area (Å²) >= 11 is 0. The molecule has 0 atom stereocenters. The predicted octanol–water partition coefficient (Wildman–Crippen LogP) is 5.29. The topological polar surface area (TPSA) is 69.4 Å². The van der Waals surface area contributed by atoms with Crippen molar-refractivity contribution in [3.63, 3.8) is 0 Å². The number of rotatable bonds is 7. The Morgan fingerprint density at radius 3 is 2.53 bits per heavy atom. The average molecular weight is 429 g/mol. The van der Waals surface area contributed by atoms with E-state index >= 15 is 0 Å². The van der Waals surface area contributed by atoms with Crippen LogP contribution in [-0.2, 0) is 12.7 Å². The predicted molar refractivity (Wildman–Crippen MR) is 96.4 cm³/mol. The van der Waals surface area contributed by atoms with Gasteiger partial charge in [-0.1, -0.05) is 11.2 Å². The zero-order chi connectivity index (χ0) is 21.9. The van der Waals surface area contributed by atoms with Crippen molar-refractivity contribution in [2.75, 3.05) is 12.4 Å². The Kier molecular flexibility index (Phi) is 6.09. The van der Waals surface area contributed by atoms with Crippen LogP contribution in [-0.4, -0.2) is 23.9 Å². The highest BCUT2D eigenvalue weighted by molar-refractivity contribution is 5.60. The summed E-state index contributed by atoms with van der Waals surface area (Å²) in [6.45, 7) is -1.65. The van der Waals surface area contributed by atoms with Crippen molar-refractivity contribution in [1.29, 1.82) is 0 Å². The highest BCUT2D eigenvalue weighted by Crippen LogP contribution is 2.34. The molecule has 0 fully saturated rings. The van der Waals surface area contributed by atoms with E-state index in [1.54, 1.807) is 0 Å². The third kappa shape index (κ3) is 4.97. The summed E-state index contributed by atoms with van der Waals surface area (Å²) in [6.07, 6.45) is -4.46. The van der Waals surface area contributed by atoms with Crippen molar-refractivity contribution in [2.45, 2.75) is 26.3 Å². The molecule has 3 rings (SSSR count). The number of nitrogens with one attached hydrogen (secondary N) is 1. The number of aryl methyl sites for hydroxylation is 1. The summed E-state index contributed by atoms with van der Waals surface area (Å²) in [4.78, 5) is 4.14. The quantitative estimate of drug-likeness (QED) is 0.515. The lowest BCUT2D eigenvalue weighted by Crippen LogP contribution is -2.09. The van der Waals surface area contributed by atoms with E-state index in [4.69, 9.17) is 9.26 Å². The van der Waals surface area contributed by atoms with Gasteiger partial charge in [0.05, 0.1) is 19.2 Å². The maximum absolute atomic E-state index is 13.0. The maximum Gasteiger partial charge on any atom is 0.416 e. The number of hydrogen-bond donors (Lipinski definition) is 1. The van der Waals surface area contributed by atoms with E-state index in [9.17, 15) is 22.0 Å². The summed E-state index contributed by atoms with van der Waals surface area (Å²) in [5.41, 5.74) is 0.0271. The van der Waals surface area contributed by atoms with Gasteiger partial charge in [0.15, 0.2) is 11.5 Å².